The van der Waals surface area contributed by atoms with E-state index in [2.05, 4.69) is 4.84 Å². The van der Waals surface area contributed by atoms with Crippen LogP contribution in [0.2, 0.25) is 0 Å². The van der Waals surface area contributed by atoms with E-state index in [0.29, 0.717) is 6.42 Å². The van der Waals surface area contributed by atoms with Gasteiger partial charge in [0, 0.05) is 14.1 Å². The number of nitrogens with zero attached hydrogens (tertiary/aromatic N) is 1. The van der Waals surface area contributed by atoms with Crippen LogP contribution in [-0.4, -0.2) is 36.3 Å². The van der Waals surface area contributed by atoms with Crippen molar-refractivity contribution in [3.8, 4) is 0 Å². The lowest BCUT2D eigenvalue weighted by Crippen LogP contribution is -2.22. The van der Waals surface area contributed by atoms with Gasteiger partial charge in [-0.05, 0) is 6.42 Å². The van der Waals surface area contributed by atoms with Gasteiger partial charge in [-0.25, -0.2) is 0 Å². The summed E-state index contributed by atoms with van der Waals surface area (Å²) in [7, 11) is 3.24. The van der Waals surface area contributed by atoms with E-state index in [1.165, 1.54) is 5.06 Å². The SMILES string of the molecule is CCC(O)CC(=O)ON(C)C. The lowest BCUT2D eigenvalue weighted by atomic mass is 10.2. The maximum absolute atomic E-state index is 10.8. The van der Waals surface area contributed by atoms with Crippen LogP contribution in [0.3, 0.4) is 0 Å². The summed E-state index contributed by atoms with van der Waals surface area (Å²) in [4.78, 5) is 15.5. The van der Waals surface area contributed by atoms with E-state index < -0.39 is 12.1 Å². The molecule has 0 aliphatic carbocycles. The van der Waals surface area contributed by atoms with Crippen molar-refractivity contribution in [2.24, 2.45) is 0 Å². The minimum absolute atomic E-state index is 0.0642. The molecule has 0 saturated heterocycles. The lowest BCUT2D eigenvalue weighted by Gasteiger charge is -2.11. The zero-order chi connectivity index (χ0) is 8.85. The maximum atomic E-state index is 10.8. The molecular weight excluding hydrogens is 146 g/mol. The molecular formula is C7H15NO3. The molecule has 4 heteroatoms. The van der Waals surface area contributed by atoms with Crippen LogP contribution < -0.4 is 0 Å². The van der Waals surface area contributed by atoms with Gasteiger partial charge in [-0.1, -0.05) is 6.92 Å². The summed E-state index contributed by atoms with van der Waals surface area (Å²) >= 11 is 0. The number of aliphatic hydroxyl groups is 1. The molecule has 0 aromatic rings. The summed E-state index contributed by atoms with van der Waals surface area (Å²) in [5.41, 5.74) is 0. The Morgan fingerprint density at radius 1 is 1.64 bits per heavy atom. The fourth-order valence-electron chi connectivity index (χ4n) is 0.578. The third kappa shape index (κ3) is 5.82. The van der Waals surface area contributed by atoms with E-state index >= 15 is 0 Å². The van der Waals surface area contributed by atoms with Gasteiger partial charge in [-0.2, -0.15) is 0 Å². The average molecular weight is 161 g/mol. The molecule has 11 heavy (non-hydrogen) atoms. The smallest absolute Gasteiger partial charge is 0.327 e. The highest BCUT2D eigenvalue weighted by Gasteiger charge is 2.10. The van der Waals surface area contributed by atoms with E-state index in [1.54, 1.807) is 14.1 Å². The van der Waals surface area contributed by atoms with Crippen molar-refractivity contribution >= 4 is 5.97 Å². The minimum atomic E-state index is -0.581. The van der Waals surface area contributed by atoms with Crippen molar-refractivity contribution in [3.05, 3.63) is 0 Å². The molecule has 0 rings (SSSR count). The molecule has 0 aromatic heterocycles. The van der Waals surface area contributed by atoms with Gasteiger partial charge in [0.1, 0.15) is 0 Å². The molecule has 4 nitrogen and oxygen atoms in total. The monoisotopic (exact) mass is 161 g/mol. The fourth-order valence-corrected chi connectivity index (χ4v) is 0.578. The number of carbonyl (C=O) groups is 1. The first-order valence-corrected chi connectivity index (χ1v) is 3.62. The summed E-state index contributed by atoms with van der Waals surface area (Å²) in [6, 6.07) is 0. The standard InChI is InChI=1S/C7H15NO3/c1-4-6(9)5-7(10)11-8(2)3/h6,9H,4-5H2,1-3H3. The van der Waals surface area contributed by atoms with Crippen LogP contribution in [0.5, 0.6) is 0 Å². The minimum Gasteiger partial charge on any atom is -0.393 e. The summed E-state index contributed by atoms with van der Waals surface area (Å²) < 4.78 is 0. The van der Waals surface area contributed by atoms with E-state index in [1.807, 2.05) is 6.92 Å². The number of rotatable bonds is 4. The summed E-state index contributed by atoms with van der Waals surface area (Å²) in [5.74, 6) is -0.399. The van der Waals surface area contributed by atoms with Gasteiger partial charge in [-0.3, -0.25) is 4.79 Å². The van der Waals surface area contributed by atoms with Gasteiger partial charge >= 0.3 is 5.97 Å². The topological polar surface area (TPSA) is 49.8 Å². The fraction of sp³-hybridized carbons (Fsp3) is 0.857. The van der Waals surface area contributed by atoms with Crippen LogP contribution in [-0.2, 0) is 9.63 Å². The molecule has 1 atom stereocenters. The third-order valence-corrected chi connectivity index (χ3v) is 1.16. The second-order valence-corrected chi connectivity index (χ2v) is 2.54. The Morgan fingerprint density at radius 3 is 2.55 bits per heavy atom. The summed E-state index contributed by atoms with van der Waals surface area (Å²) in [6.07, 6.45) is 0.0551. The van der Waals surface area contributed by atoms with Crippen LogP contribution in [0.25, 0.3) is 0 Å². The molecule has 0 amide bonds. The highest BCUT2D eigenvalue weighted by molar-refractivity contribution is 5.69. The normalized spacial score (nSPS) is 13.2. The number of hydrogen-bond acceptors (Lipinski definition) is 4. The van der Waals surface area contributed by atoms with Crippen molar-refractivity contribution in [1.29, 1.82) is 0 Å². The number of hydrogen-bond donors (Lipinski definition) is 1. The van der Waals surface area contributed by atoms with Crippen LogP contribution >= 0.6 is 0 Å². The zero-order valence-electron chi connectivity index (χ0n) is 7.20. The second-order valence-electron chi connectivity index (χ2n) is 2.54. The van der Waals surface area contributed by atoms with Crippen molar-refractivity contribution in [2.75, 3.05) is 14.1 Å². The Labute approximate surface area is 66.7 Å². The molecule has 0 spiro atoms. The van der Waals surface area contributed by atoms with Crippen molar-refractivity contribution < 1.29 is 14.7 Å². The van der Waals surface area contributed by atoms with Crippen LogP contribution in [0.4, 0.5) is 0 Å². The predicted octanol–water partition coefficient (Wildman–Crippen LogP) is 0.167. The van der Waals surface area contributed by atoms with Gasteiger partial charge in [-0.15, -0.1) is 5.06 Å². The molecule has 66 valence electrons. The molecule has 0 aromatic carbocycles. The second kappa shape index (κ2) is 5.09. The van der Waals surface area contributed by atoms with Crippen LogP contribution in [0.15, 0.2) is 0 Å². The van der Waals surface area contributed by atoms with Crippen molar-refractivity contribution in [2.45, 2.75) is 25.9 Å². The Hall–Kier alpha value is -0.610. The molecule has 0 radical (unpaired) electrons. The quantitative estimate of drug-likeness (QED) is 0.597. The van der Waals surface area contributed by atoms with Gasteiger partial charge < -0.3 is 9.94 Å². The van der Waals surface area contributed by atoms with E-state index in [9.17, 15) is 4.79 Å². The Balaban J connectivity index is 3.52. The molecule has 0 aliphatic heterocycles. The molecule has 0 aliphatic rings. The summed E-state index contributed by atoms with van der Waals surface area (Å²) in [5, 5.41) is 10.3. The highest BCUT2D eigenvalue weighted by atomic mass is 16.7. The molecule has 0 heterocycles. The highest BCUT2D eigenvalue weighted by Crippen LogP contribution is 1.98. The third-order valence-electron chi connectivity index (χ3n) is 1.16. The summed E-state index contributed by atoms with van der Waals surface area (Å²) in [6.45, 7) is 1.81. The first-order valence-electron chi connectivity index (χ1n) is 3.62. The Bertz CT molecular complexity index is 125. The molecule has 0 saturated carbocycles. The maximum Gasteiger partial charge on any atom is 0.327 e. The van der Waals surface area contributed by atoms with E-state index in [4.69, 9.17) is 5.11 Å². The average Bonchev–Trinajstić information content (AvgIpc) is 1.85. The first-order chi connectivity index (χ1) is 5.06. The first kappa shape index (κ1) is 10.4. The van der Waals surface area contributed by atoms with Crippen molar-refractivity contribution in [1.82, 2.24) is 5.06 Å². The van der Waals surface area contributed by atoms with Gasteiger partial charge in [0.2, 0.25) is 0 Å². The largest absolute Gasteiger partial charge is 0.393 e. The van der Waals surface area contributed by atoms with Gasteiger partial charge in [0.15, 0.2) is 0 Å². The molecule has 1 N–H and O–H groups in total. The van der Waals surface area contributed by atoms with Gasteiger partial charge in [0.05, 0.1) is 12.5 Å². The molecule has 0 bridgehead atoms. The van der Waals surface area contributed by atoms with Gasteiger partial charge in [0.25, 0.3) is 0 Å². The number of carbonyl (C=O) groups excluding carboxylic acids is 1. The zero-order valence-corrected chi connectivity index (χ0v) is 7.20. The number of hydroxylamine groups is 2. The lowest BCUT2D eigenvalue weighted by molar-refractivity contribution is -0.180. The Morgan fingerprint density at radius 2 is 2.18 bits per heavy atom. The predicted molar refractivity (Wildman–Crippen MR) is 40.7 cm³/mol. The van der Waals surface area contributed by atoms with E-state index in [0.717, 1.165) is 0 Å². The van der Waals surface area contributed by atoms with Crippen LogP contribution in [0, 0.1) is 0 Å². The van der Waals surface area contributed by atoms with Crippen molar-refractivity contribution in [3.63, 3.8) is 0 Å². The van der Waals surface area contributed by atoms with E-state index in [-0.39, 0.29) is 6.42 Å². The molecule has 1 unspecified atom stereocenters. The Kier molecular flexibility index (Phi) is 4.81. The van der Waals surface area contributed by atoms with Crippen LogP contribution in [0.1, 0.15) is 19.8 Å². The molecule has 0 fully saturated rings. The number of aliphatic hydroxyl groups excluding tert-OH is 1.